The fourth-order valence-corrected chi connectivity index (χ4v) is 5.14. The van der Waals surface area contributed by atoms with Gasteiger partial charge in [-0.3, -0.25) is 19.8 Å². The molecule has 10 heteroatoms. The van der Waals surface area contributed by atoms with E-state index in [4.69, 9.17) is 28.6 Å². The highest BCUT2D eigenvalue weighted by atomic mass is 35.5. The van der Waals surface area contributed by atoms with Crippen LogP contribution in [0.15, 0.2) is 72.8 Å². The standard InChI is InChI=1S/C24H19ClN4O4S/c1-24-20(22(30)26-15-9-7-14(25)8-10-15)21(18-13-17(29(31)32)11-12-19(18)33-24)27-23(34)28(24)16-5-3-2-4-6-16/h2-13,20-21H,1H3,(H,26,30)(H,27,34)/t20-,21-,24-/m1/s1. The van der Waals surface area contributed by atoms with Crippen LogP contribution in [0.1, 0.15) is 18.5 Å². The number of nitrogens with zero attached hydrogens (tertiary/aromatic N) is 2. The number of rotatable bonds is 4. The number of para-hydroxylation sites is 1. The van der Waals surface area contributed by atoms with E-state index in [-0.39, 0.29) is 11.6 Å². The molecule has 0 aromatic heterocycles. The Hall–Kier alpha value is -3.69. The Bertz CT molecular complexity index is 1300. The molecule has 3 aromatic rings. The molecule has 1 saturated heterocycles. The summed E-state index contributed by atoms with van der Waals surface area (Å²) in [5, 5.41) is 18.5. The summed E-state index contributed by atoms with van der Waals surface area (Å²) in [4.78, 5) is 26.4. The second-order valence-electron chi connectivity index (χ2n) is 8.21. The van der Waals surface area contributed by atoms with Crippen molar-refractivity contribution in [1.82, 2.24) is 5.32 Å². The van der Waals surface area contributed by atoms with Gasteiger partial charge < -0.3 is 15.4 Å². The van der Waals surface area contributed by atoms with Crippen molar-refractivity contribution < 1.29 is 14.5 Å². The Kier molecular flexibility index (Phi) is 5.38. The summed E-state index contributed by atoms with van der Waals surface area (Å²) in [6.07, 6.45) is 0. The first-order chi connectivity index (χ1) is 16.3. The fraction of sp³-hybridized carbons (Fsp3) is 0.167. The van der Waals surface area contributed by atoms with E-state index in [1.54, 1.807) is 42.2 Å². The molecule has 172 valence electrons. The molecule has 2 aliphatic rings. The number of nitro benzene ring substituents is 1. The Morgan fingerprint density at radius 1 is 1.18 bits per heavy atom. The smallest absolute Gasteiger partial charge is 0.270 e. The lowest BCUT2D eigenvalue weighted by atomic mass is 9.78. The van der Waals surface area contributed by atoms with E-state index in [9.17, 15) is 14.9 Å². The lowest BCUT2D eigenvalue weighted by Crippen LogP contribution is -2.72. The number of fused-ring (bicyclic) bond motifs is 4. The summed E-state index contributed by atoms with van der Waals surface area (Å²) in [5.41, 5.74) is 0.498. The maximum absolute atomic E-state index is 13.7. The molecule has 0 saturated carbocycles. The summed E-state index contributed by atoms with van der Waals surface area (Å²) in [7, 11) is 0. The van der Waals surface area contributed by atoms with Gasteiger partial charge in [0.15, 0.2) is 10.8 Å². The lowest BCUT2D eigenvalue weighted by molar-refractivity contribution is -0.385. The van der Waals surface area contributed by atoms with Gasteiger partial charge in [-0.05, 0) is 61.6 Å². The average Bonchev–Trinajstić information content (AvgIpc) is 2.80. The average molecular weight is 495 g/mol. The predicted octanol–water partition coefficient (Wildman–Crippen LogP) is 5.05. The molecule has 0 radical (unpaired) electrons. The molecular formula is C24H19ClN4O4S. The van der Waals surface area contributed by atoms with E-state index < -0.39 is 22.6 Å². The molecule has 8 nitrogen and oxygen atoms in total. The molecule has 3 aromatic carbocycles. The van der Waals surface area contributed by atoms with Crippen LogP contribution in [-0.4, -0.2) is 21.7 Å². The summed E-state index contributed by atoms with van der Waals surface area (Å²) >= 11 is 11.7. The van der Waals surface area contributed by atoms with Crippen molar-refractivity contribution in [3.8, 4) is 5.75 Å². The molecule has 1 fully saturated rings. The molecule has 3 atom stereocenters. The van der Waals surface area contributed by atoms with Crippen LogP contribution < -0.4 is 20.3 Å². The van der Waals surface area contributed by atoms with E-state index in [0.717, 1.165) is 5.69 Å². The molecular weight excluding hydrogens is 476 g/mol. The minimum absolute atomic E-state index is 0.0963. The second kappa shape index (κ2) is 8.27. The quantitative estimate of drug-likeness (QED) is 0.297. The minimum Gasteiger partial charge on any atom is -0.467 e. The summed E-state index contributed by atoms with van der Waals surface area (Å²) < 4.78 is 6.45. The lowest BCUT2D eigenvalue weighted by Gasteiger charge is -2.55. The van der Waals surface area contributed by atoms with Crippen LogP contribution in [0.3, 0.4) is 0 Å². The van der Waals surface area contributed by atoms with Gasteiger partial charge in [0, 0.05) is 34.1 Å². The van der Waals surface area contributed by atoms with Crippen LogP contribution in [0.4, 0.5) is 17.1 Å². The first-order valence-electron chi connectivity index (χ1n) is 10.5. The zero-order valence-corrected chi connectivity index (χ0v) is 19.5. The number of hydrogen-bond acceptors (Lipinski definition) is 5. The number of thiocarbonyl (C=S) groups is 1. The van der Waals surface area contributed by atoms with Gasteiger partial charge in [-0.25, -0.2) is 0 Å². The van der Waals surface area contributed by atoms with Crippen molar-refractivity contribution in [1.29, 1.82) is 0 Å². The van der Waals surface area contributed by atoms with Gasteiger partial charge in [-0.1, -0.05) is 29.8 Å². The number of carbonyl (C=O) groups excluding carboxylic acids is 1. The molecule has 2 heterocycles. The number of ether oxygens (including phenoxy) is 1. The maximum atomic E-state index is 13.7. The zero-order valence-electron chi connectivity index (χ0n) is 17.9. The van der Waals surface area contributed by atoms with Gasteiger partial charge in [-0.15, -0.1) is 0 Å². The first kappa shape index (κ1) is 22.1. The van der Waals surface area contributed by atoms with E-state index in [2.05, 4.69) is 10.6 Å². The molecule has 34 heavy (non-hydrogen) atoms. The van der Waals surface area contributed by atoms with Crippen molar-refractivity contribution in [3.05, 3.63) is 93.5 Å². The van der Waals surface area contributed by atoms with Crippen molar-refractivity contribution in [2.24, 2.45) is 5.92 Å². The summed E-state index contributed by atoms with van der Waals surface area (Å²) in [5.74, 6) is -0.697. The third kappa shape index (κ3) is 3.63. The van der Waals surface area contributed by atoms with Gasteiger partial charge in [0.1, 0.15) is 11.7 Å². The van der Waals surface area contributed by atoms with Crippen molar-refractivity contribution in [3.63, 3.8) is 0 Å². The van der Waals surface area contributed by atoms with Gasteiger partial charge in [0.05, 0.1) is 11.0 Å². The SMILES string of the molecule is C[C@]12Oc3ccc([N+](=O)[O-])cc3[C@@H](NC(=S)N1c1ccccc1)[C@@H]2C(=O)Nc1ccc(Cl)cc1. The Morgan fingerprint density at radius 3 is 2.56 bits per heavy atom. The molecule has 2 aliphatic heterocycles. The van der Waals surface area contributed by atoms with Crippen LogP contribution in [0.5, 0.6) is 5.75 Å². The van der Waals surface area contributed by atoms with E-state index >= 15 is 0 Å². The van der Waals surface area contributed by atoms with E-state index in [1.165, 1.54) is 12.1 Å². The number of carbonyl (C=O) groups is 1. The number of nitrogens with one attached hydrogen (secondary N) is 2. The number of non-ortho nitro benzene ring substituents is 1. The second-order valence-corrected chi connectivity index (χ2v) is 9.03. The Labute approximate surface area is 205 Å². The highest BCUT2D eigenvalue weighted by Crippen LogP contribution is 2.50. The largest absolute Gasteiger partial charge is 0.467 e. The van der Waals surface area contributed by atoms with Crippen LogP contribution in [0, 0.1) is 16.0 Å². The molecule has 1 amide bonds. The predicted molar refractivity (Wildman–Crippen MR) is 133 cm³/mol. The van der Waals surface area contributed by atoms with Crippen LogP contribution >= 0.6 is 23.8 Å². The van der Waals surface area contributed by atoms with E-state index in [0.29, 0.717) is 27.1 Å². The van der Waals surface area contributed by atoms with Gasteiger partial charge in [0.2, 0.25) is 5.91 Å². The molecule has 0 unspecified atom stereocenters. The van der Waals surface area contributed by atoms with Gasteiger partial charge in [0.25, 0.3) is 5.69 Å². The van der Waals surface area contributed by atoms with Crippen molar-refractivity contribution in [2.45, 2.75) is 18.7 Å². The van der Waals surface area contributed by atoms with Gasteiger partial charge in [-0.2, -0.15) is 0 Å². The van der Waals surface area contributed by atoms with Gasteiger partial charge >= 0.3 is 0 Å². The zero-order chi connectivity index (χ0) is 24.0. The number of halogens is 1. The van der Waals surface area contributed by atoms with Crippen molar-refractivity contribution in [2.75, 3.05) is 10.2 Å². The number of nitro groups is 1. The Balaban J connectivity index is 1.63. The number of benzene rings is 3. The molecule has 5 rings (SSSR count). The fourth-order valence-electron chi connectivity index (χ4n) is 4.60. The van der Waals surface area contributed by atoms with Crippen LogP contribution in [-0.2, 0) is 4.79 Å². The molecule has 0 spiro atoms. The van der Waals surface area contributed by atoms with Crippen LogP contribution in [0.2, 0.25) is 5.02 Å². The first-order valence-corrected chi connectivity index (χ1v) is 11.3. The summed E-state index contributed by atoms with van der Waals surface area (Å²) in [6, 6.07) is 19.9. The molecule has 2 bridgehead atoms. The topological polar surface area (TPSA) is 96.7 Å². The number of hydrogen-bond donors (Lipinski definition) is 2. The summed E-state index contributed by atoms with van der Waals surface area (Å²) in [6.45, 7) is 1.80. The number of anilines is 2. The highest BCUT2D eigenvalue weighted by Gasteiger charge is 2.59. The molecule has 0 aliphatic carbocycles. The third-order valence-electron chi connectivity index (χ3n) is 6.10. The maximum Gasteiger partial charge on any atom is 0.270 e. The highest BCUT2D eigenvalue weighted by molar-refractivity contribution is 7.80. The minimum atomic E-state index is -1.21. The Morgan fingerprint density at radius 2 is 1.88 bits per heavy atom. The van der Waals surface area contributed by atoms with Crippen molar-refractivity contribution >= 4 is 51.9 Å². The van der Waals surface area contributed by atoms with Crippen LogP contribution in [0.25, 0.3) is 0 Å². The number of amides is 1. The van der Waals surface area contributed by atoms with E-state index in [1.807, 2.05) is 30.3 Å². The third-order valence-corrected chi connectivity index (χ3v) is 6.65. The normalized spacial score (nSPS) is 22.8. The monoisotopic (exact) mass is 494 g/mol. The molecule has 2 N–H and O–H groups in total.